The SMILES string of the molecule is O=C(Nc1cccc(OC(F)(F)F)c1)N1N=C(Cl)c2ccccc2C1Cl. The summed E-state index contributed by atoms with van der Waals surface area (Å²) in [6.07, 6.45) is -4.84. The van der Waals surface area contributed by atoms with Crippen LogP contribution in [-0.2, 0) is 0 Å². The maximum Gasteiger partial charge on any atom is 0.573 e. The van der Waals surface area contributed by atoms with Crippen molar-refractivity contribution >= 4 is 40.1 Å². The van der Waals surface area contributed by atoms with Gasteiger partial charge in [-0.2, -0.15) is 10.1 Å². The van der Waals surface area contributed by atoms with Gasteiger partial charge in [-0.1, -0.05) is 53.5 Å². The Labute approximate surface area is 155 Å². The van der Waals surface area contributed by atoms with Crippen molar-refractivity contribution in [2.75, 3.05) is 5.32 Å². The standard InChI is InChI=1S/C16H10Cl2F3N3O2/c17-13-11-6-1-2-7-12(11)14(18)24(23-13)15(25)22-9-4-3-5-10(8-9)26-16(19,20)21/h1-8,14H,(H,22,25). The summed E-state index contributed by atoms with van der Waals surface area (Å²) in [7, 11) is 0. The summed E-state index contributed by atoms with van der Waals surface area (Å²) in [6.45, 7) is 0. The summed E-state index contributed by atoms with van der Waals surface area (Å²) in [4.78, 5) is 12.4. The Bertz CT molecular complexity index is 874. The lowest BCUT2D eigenvalue weighted by atomic mass is 10.1. The summed E-state index contributed by atoms with van der Waals surface area (Å²) in [5.41, 5.74) is 0.325. The van der Waals surface area contributed by atoms with E-state index in [1.807, 2.05) is 0 Å². The van der Waals surface area contributed by atoms with Crippen molar-refractivity contribution < 1.29 is 22.7 Å². The number of anilines is 1. The first-order chi connectivity index (χ1) is 12.2. The molecule has 1 N–H and O–H groups in total. The number of alkyl halides is 4. The molecule has 0 bridgehead atoms. The number of fused-ring (bicyclic) bond motifs is 1. The third-order valence-corrected chi connectivity index (χ3v) is 4.08. The number of nitrogens with zero attached hydrogens (tertiary/aromatic N) is 2. The Morgan fingerprint density at radius 2 is 1.92 bits per heavy atom. The highest BCUT2D eigenvalue weighted by molar-refractivity contribution is 6.70. The van der Waals surface area contributed by atoms with E-state index >= 15 is 0 Å². The Morgan fingerprint density at radius 3 is 2.65 bits per heavy atom. The second-order valence-electron chi connectivity index (χ2n) is 5.16. The number of ether oxygens (including phenoxy) is 1. The molecule has 0 radical (unpaired) electrons. The predicted molar refractivity (Wildman–Crippen MR) is 91.4 cm³/mol. The van der Waals surface area contributed by atoms with Crippen molar-refractivity contribution in [3.05, 3.63) is 59.7 Å². The number of nitrogens with one attached hydrogen (secondary N) is 1. The van der Waals surface area contributed by atoms with Crippen LogP contribution in [0, 0.1) is 0 Å². The van der Waals surface area contributed by atoms with Crippen LogP contribution < -0.4 is 10.1 Å². The normalized spacial score (nSPS) is 16.6. The minimum absolute atomic E-state index is 0.0711. The molecule has 26 heavy (non-hydrogen) atoms. The van der Waals surface area contributed by atoms with Crippen LogP contribution >= 0.6 is 23.2 Å². The highest BCUT2D eigenvalue weighted by Crippen LogP contribution is 2.34. The monoisotopic (exact) mass is 403 g/mol. The molecule has 0 saturated carbocycles. The molecule has 0 saturated heterocycles. The number of hydrogen-bond donors (Lipinski definition) is 1. The van der Waals surface area contributed by atoms with E-state index in [2.05, 4.69) is 15.2 Å². The van der Waals surface area contributed by atoms with Crippen LogP contribution in [0.25, 0.3) is 0 Å². The Kier molecular flexibility index (Phi) is 4.97. The molecular formula is C16H10Cl2F3N3O2. The molecular weight excluding hydrogens is 394 g/mol. The maximum atomic E-state index is 12.4. The number of amides is 2. The Hall–Kier alpha value is -2.45. The van der Waals surface area contributed by atoms with Gasteiger partial charge in [-0.3, -0.25) is 0 Å². The first kappa shape index (κ1) is 18.3. The van der Waals surface area contributed by atoms with Crippen molar-refractivity contribution in [2.24, 2.45) is 5.10 Å². The zero-order valence-corrected chi connectivity index (χ0v) is 14.3. The van der Waals surface area contributed by atoms with E-state index in [0.717, 1.165) is 17.1 Å². The number of urea groups is 1. The zero-order chi connectivity index (χ0) is 18.9. The summed E-state index contributed by atoms with van der Waals surface area (Å²) in [5, 5.41) is 7.33. The van der Waals surface area contributed by atoms with Crippen molar-refractivity contribution in [2.45, 2.75) is 11.9 Å². The second-order valence-corrected chi connectivity index (χ2v) is 5.94. The van der Waals surface area contributed by atoms with Gasteiger partial charge in [0, 0.05) is 22.9 Å². The third kappa shape index (κ3) is 4.03. The molecule has 10 heteroatoms. The van der Waals surface area contributed by atoms with E-state index in [0.29, 0.717) is 11.1 Å². The van der Waals surface area contributed by atoms with Crippen LogP contribution in [0.5, 0.6) is 5.75 Å². The first-order valence-corrected chi connectivity index (χ1v) is 7.99. The fourth-order valence-electron chi connectivity index (χ4n) is 2.32. The fourth-order valence-corrected chi connectivity index (χ4v) is 2.90. The molecule has 1 atom stereocenters. The molecule has 0 aliphatic carbocycles. The van der Waals surface area contributed by atoms with Gasteiger partial charge < -0.3 is 10.1 Å². The summed E-state index contributed by atoms with van der Waals surface area (Å²) in [5.74, 6) is -0.469. The topological polar surface area (TPSA) is 53.9 Å². The molecule has 136 valence electrons. The number of hydrogen-bond acceptors (Lipinski definition) is 3. The quantitative estimate of drug-likeness (QED) is 0.548. The van der Waals surface area contributed by atoms with Gasteiger partial charge in [0.25, 0.3) is 0 Å². The molecule has 1 heterocycles. The Balaban J connectivity index is 1.79. The zero-order valence-electron chi connectivity index (χ0n) is 12.8. The fraction of sp³-hybridized carbons (Fsp3) is 0.125. The molecule has 2 aromatic rings. The van der Waals surface area contributed by atoms with Crippen molar-refractivity contribution in [1.82, 2.24) is 5.01 Å². The number of hydrazone groups is 1. The van der Waals surface area contributed by atoms with Crippen LogP contribution in [0.4, 0.5) is 23.7 Å². The number of benzene rings is 2. The first-order valence-electron chi connectivity index (χ1n) is 7.18. The van der Waals surface area contributed by atoms with E-state index in [4.69, 9.17) is 23.2 Å². The molecule has 5 nitrogen and oxygen atoms in total. The predicted octanol–water partition coefficient (Wildman–Crippen LogP) is 5.27. The maximum absolute atomic E-state index is 12.4. The largest absolute Gasteiger partial charge is 0.573 e. The van der Waals surface area contributed by atoms with E-state index in [1.54, 1.807) is 24.3 Å². The average Bonchev–Trinajstić information content (AvgIpc) is 2.57. The molecule has 2 amide bonds. The smallest absolute Gasteiger partial charge is 0.406 e. The van der Waals surface area contributed by atoms with E-state index in [1.165, 1.54) is 12.1 Å². The lowest BCUT2D eigenvalue weighted by molar-refractivity contribution is -0.274. The number of carbonyl (C=O) groups excluding carboxylic acids is 1. The summed E-state index contributed by atoms with van der Waals surface area (Å²) in [6, 6.07) is 11.0. The van der Waals surface area contributed by atoms with Crippen LogP contribution in [-0.4, -0.2) is 22.6 Å². The molecule has 1 aliphatic heterocycles. The molecule has 1 aliphatic rings. The van der Waals surface area contributed by atoms with Crippen molar-refractivity contribution in [3.63, 3.8) is 0 Å². The van der Waals surface area contributed by atoms with Gasteiger partial charge in [0.15, 0.2) is 10.7 Å². The van der Waals surface area contributed by atoms with Gasteiger partial charge in [-0.25, -0.2) is 4.79 Å². The van der Waals surface area contributed by atoms with Gasteiger partial charge in [-0.05, 0) is 12.1 Å². The molecule has 0 spiro atoms. The van der Waals surface area contributed by atoms with Crippen LogP contribution in [0.15, 0.2) is 53.6 Å². The third-order valence-electron chi connectivity index (χ3n) is 3.38. The number of halogens is 5. The number of rotatable bonds is 2. The Morgan fingerprint density at radius 1 is 1.19 bits per heavy atom. The van der Waals surface area contributed by atoms with Crippen molar-refractivity contribution in [3.8, 4) is 5.75 Å². The lowest BCUT2D eigenvalue weighted by Crippen LogP contribution is -2.35. The molecule has 0 aromatic heterocycles. The van der Waals surface area contributed by atoms with E-state index in [-0.39, 0.29) is 10.9 Å². The highest BCUT2D eigenvalue weighted by Gasteiger charge is 2.32. The summed E-state index contributed by atoms with van der Waals surface area (Å²) < 4.78 is 40.7. The number of carbonyl (C=O) groups is 1. The minimum Gasteiger partial charge on any atom is -0.406 e. The van der Waals surface area contributed by atoms with Gasteiger partial charge >= 0.3 is 12.4 Å². The van der Waals surface area contributed by atoms with Gasteiger partial charge in [0.05, 0.1) is 0 Å². The lowest BCUT2D eigenvalue weighted by Gasteiger charge is -2.28. The highest BCUT2D eigenvalue weighted by atomic mass is 35.5. The average molecular weight is 404 g/mol. The van der Waals surface area contributed by atoms with Gasteiger partial charge in [0.2, 0.25) is 0 Å². The molecule has 2 aromatic carbocycles. The molecule has 1 unspecified atom stereocenters. The van der Waals surface area contributed by atoms with Gasteiger partial charge in [-0.15, -0.1) is 13.2 Å². The second kappa shape index (κ2) is 7.05. The van der Waals surface area contributed by atoms with E-state index < -0.39 is 23.6 Å². The van der Waals surface area contributed by atoms with Gasteiger partial charge in [0.1, 0.15) is 5.75 Å². The van der Waals surface area contributed by atoms with Crippen molar-refractivity contribution in [1.29, 1.82) is 0 Å². The van der Waals surface area contributed by atoms with Crippen LogP contribution in [0.1, 0.15) is 16.6 Å². The van der Waals surface area contributed by atoms with Crippen LogP contribution in [0.3, 0.4) is 0 Å². The summed E-state index contributed by atoms with van der Waals surface area (Å²) >= 11 is 12.4. The molecule has 3 rings (SSSR count). The van der Waals surface area contributed by atoms with Crippen LogP contribution in [0.2, 0.25) is 0 Å². The molecule has 0 fully saturated rings. The minimum atomic E-state index is -4.84. The van der Waals surface area contributed by atoms with E-state index in [9.17, 15) is 18.0 Å².